The summed E-state index contributed by atoms with van der Waals surface area (Å²) in [5, 5.41) is 11.0. The van der Waals surface area contributed by atoms with Gasteiger partial charge in [-0.25, -0.2) is 0 Å². The molecule has 0 saturated heterocycles. The van der Waals surface area contributed by atoms with Crippen LogP contribution < -0.4 is 0 Å². The van der Waals surface area contributed by atoms with Gasteiger partial charge in [0.2, 0.25) is 6.04 Å². The van der Waals surface area contributed by atoms with Crippen LogP contribution in [0.2, 0.25) is 0 Å². The molecule has 0 bridgehead atoms. The van der Waals surface area contributed by atoms with E-state index in [-0.39, 0.29) is 16.9 Å². The third-order valence-electron chi connectivity index (χ3n) is 4.59. The minimum Gasteiger partial charge on any atom is -0.303 e. The Morgan fingerprint density at radius 2 is 1.79 bits per heavy atom. The first-order chi connectivity index (χ1) is 9.10. The molecule has 1 fully saturated rings. The monoisotopic (exact) mass is 270 g/mol. The molecule has 1 aliphatic carbocycles. The molecule has 0 amide bonds. The van der Waals surface area contributed by atoms with E-state index in [1.165, 1.54) is 19.3 Å². The summed E-state index contributed by atoms with van der Waals surface area (Å²) >= 11 is 0. The van der Waals surface area contributed by atoms with Gasteiger partial charge in [-0.1, -0.05) is 20.8 Å². The Balaban J connectivity index is 2.44. The fourth-order valence-corrected chi connectivity index (χ4v) is 3.45. The van der Waals surface area contributed by atoms with Crippen molar-refractivity contribution in [3.8, 4) is 0 Å². The van der Waals surface area contributed by atoms with Crippen LogP contribution in [-0.4, -0.2) is 35.5 Å². The summed E-state index contributed by atoms with van der Waals surface area (Å²) in [5.41, 5.74) is 0. The number of rotatable bonds is 8. The van der Waals surface area contributed by atoms with Crippen LogP contribution in [0.25, 0.3) is 0 Å². The fourth-order valence-electron chi connectivity index (χ4n) is 3.45. The number of hydrogen-bond donors (Lipinski definition) is 0. The Kier molecular flexibility index (Phi) is 7.36. The van der Waals surface area contributed by atoms with Crippen LogP contribution in [0, 0.1) is 22.0 Å². The molecule has 3 unspecified atom stereocenters. The van der Waals surface area contributed by atoms with Crippen molar-refractivity contribution in [1.29, 1.82) is 0 Å². The van der Waals surface area contributed by atoms with Gasteiger partial charge in [0, 0.05) is 17.3 Å². The van der Waals surface area contributed by atoms with Gasteiger partial charge < -0.3 is 4.90 Å². The van der Waals surface area contributed by atoms with Crippen LogP contribution in [0.15, 0.2) is 0 Å². The quantitative estimate of drug-likeness (QED) is 0.500. The molecular weight excluding hydrogens is 240 g/mol. The van der Waals surface area contributed by atoms with Gasteiger partial charge in [-0.3, -0.25) is 10.1 Å². The van der Waals surface area contributed by atoms with E-state index in [1.54, 1.807) is 0 Å². The second kappa shape index (κ2) is 8.51. The van der Waals surface area contributed by atoms with Gasteiger partial charge >= 0.3 is 0 Å². The molecule has 0 aromatic rings. The maximum absolute atomic E-state index is 11.0. The summed E-state index contributed by atoms with van der Waals surface area (Å²) in [6, 6.07) is -0.301. The second-order valence-corrected chi connectivity index (χ2v) is 6.03. The molecule has 0 spiro atoms. The molecule has 112 valence electrons. The minimum absolute atomic E-state index is 0.0489. The van der Waals surface area contributed by atoms with Crippen LogP contribution in [0.3, 0.4) is 0 Å². The molecule has 0 aromatic carbocycles. The van der Waals surface area contributed by atoms with Gasteiger partial charge in [0.25, 0.3) is 0 Å². The predicted molar refractivity (Wildman–Crippen MR) is 78.9 cm³/mol. The molecule has 1 saturated carbocycles. The van der Waals surface area contributed by atoms with Crippen molar-refractivity contribution in [2.45, 2.75) is 65.3 Å². The van der Waals surface area contributed by atoms with Crippen molar-refractivity contribution in [2.75, 3.05) is 19.6 Å². The molecule has 1 rings (SSSR count). The molecular formula is C15H30N2O2. The van der Waals surface area contributed by atoms with E-state index < -0.39 is 0 Å². The molecule has 0 heterocycles. The Morgan fingerprint density at radius 1 is 1.16 bits per heavy atom. The average molecular weight is 270 g/mol. The Hall–Kier alpha value is -0.640. The lowest BCUT2D eigenvalue weighted by Gasteiger charge is -2.32. The van der Waals surface area contributed by atoms with Gasteiger partial charge in [-0.05, 0) is 57.7 Å². The van der Waals surface area contributed by atoms with Gasteiger partial charge in [0.1, 0.15) is 0 Å². The molecule has 0 aromatic heterocycles. The Bertz CT molecular complexity index is 265. The van der Waals surface area contributed by atoms with Gasteiger partial charge in [0.15, 0.2) is 0 Å². The first-order valence-corrected chi connectivity index (χ1v) is 7.96. The summed E-state index contributed by atoms with van der Waals surface area (Å²) in [5.74, 6) is 0.786. The fraction of sp³-hybridized carbons (Fsp3) is 1.00. The first kappa shape index (κ1) is 16.4. The van der Waals surface area contributed by atoms with E-state index in [0.717, 1.165) is 38.9 Å². The molecule has 0 radical (unpaired) electrons. The summed E-state index contributed by atoms with van der Waals surface area (Å²) in [6.45, 7) is 9.95. The maximum Gasteiger partial charge on any atom is 0.215 e. The van der Waals surface area contributed by atoms with E-state index >= 15 is 0 Å². The lowest BCUT2D eigenvalue weighted by atomic mass is 9.75. The Labute approximate surface area is 117 Å². The van der Waals surface area contributed by atoms with E-state index in [2.05, 4.69) is 25.7 Å². The number of nitro groups is 1. The highest BCUT2D eigenvalue weighted by Gasteiger charge is 2.37. The van der Waals surface area contributed by atoms with E-state index in [0.29, 0.717) is 5.92 Å². The highest BCUT2D eigenvalue weighted by atomic mass is 16.6. The SMILES string of the molecule is CCCN(CCC)CCC1CCCC([N+](=O)[O-])C1C. The van der Waals surface area contributed by atoms with Crippen molar-refractivity contribution in [3.05, 3.63) is 10.1 Å². The van der Waals surface area contributed by atoms with Gasteiger partial charge in [-0.15, -0.1) is 0 Å². The molecule has 3 atom stereocenters. The van der Waals surface area contributed by atoms with Gasteiger partial charge in [0.05, 0.1) is 0 Å². The highest BCUT2D eigenvalue weighted by Crippen LogP contribution is 2.33. The number of hydrogen-bond acceptors (Lipinski definition) is 3. The second-order valence-electron chi connectivity index (χ2n) is 6.03. The first-order valence-electron chi connectivity index (χ1n) is 7.96. The molecule has 0 N–H and O–H groups in total. The summed E-state index contributed by atoms with van der Waals surface area (Å²) in [6.07, 6.45) is 6.50. The minimum atomic E-state index is -0.301. The Morgan fingerprint density at radius 3 is 2.32 bits per heavy atom. The normalized spacial score (nSPS) is 27.7. The third kappa shape index (κ3) is 5.09. The smallest absolute Gasteiger partial charge is 0.215 e. The lowest BCUT2D eigenvalue weighted by molar-refractivity contribution is -0.537. The highest BCUT2D eigenvalue weighted by molar-refractivity contribution is 4.80. The topological polar surface area (TPSA) is 46.4 Å². The van der Waals surface area contributed by atoms with Gasteiger partial charge in [-0.2, -0.15) is 0 Å². The maximum atomic E-state index is 11.0. The van der Waals surface area contributed by atoms with Crippen LogP contribution in [0.5, 0.6) is 0 Å². The van der Waals surface area contributed by atoms with Crippen LogP contribution in [-0.2, 0) is 0 Å². The molecule has 0 aliphatic heterocycles. The largest absolute Gasteiger partial charge is 0.303 e. The van der Waals surface area contributed by atoms with Crippen molar-refractivity contribution < 1.29 is 4.92 Å². The van der Waals surface area contributed by atoms with Crippen molar-refractivity contribution in [1.82, 2.24) is 4.90 Å². The summed E-state index contributed by atoms with van der Waals surface area (Å²) < 4.78 is 0. The van der Waals surface area contributed by atoms with E-state index in [1.807, 2.05) is 0 Å². The molecule has 4 heteroatoms. The van der Waals surface area contributed by atoms with Crippen LogP contribution in [0.1, 0.15) is 59.3 Å². The third-order valence-corrected chi connectivity index (χ3v) is 4.59. The van der Waals surface area contributed by atoms with E-state index in [9.17, 15) is 10.1 Å². The average Bonchev–Trinajstić information content (AvgIpc) is 2.37. The zero-order valence-electron chi connectivity index (χ0n) is 12.8. The van der Waals surface area contributed by atoms with Crippen molar-refractivity contribution in [3.63, 3.8) is 0 Å². The lowest BCUT2D eigenvalue weighted by Crippen LogP contribution is -2.38. The van der Waals surface area contributed by atoms with Crippen LogP contribution >= 0.6 is 0 Å². The standard InChI is InChI=1S/C15H30N2O2/c1-4-10-16(11-5-2)12-9-14-7-6-8-15(13(14)3)17(18)19/h13-15H,4-12H2,1-3H3. The van der Waals surface area contributed by atoms with Crippen molar-refractivity contribution in [2.24, 2.45) is 11.8 Å². The summed E-state index contributed by atoms with van der Waals surface area (Å²) in [7, 11) is 0. The van der Waals surface area contributed by atoms with Crippen LogP contribution in [0.4, 0.5) is 0 Å². The molecule has 19 heavy (non-hydrogen) atoms. The molecule has 4 nitrogen and oxygen atoms in total. The zero-order chi connectivity index (χ0) is 14.3. The molecule has 1 aliphatic rings. The zero-order valence-corrected chi connectivity index (χ0v) is 12.8. The van der Waals surface area contributed by atoms with E-state index in [4.69, 9.17) is 0 Å². The number of nitrogens with zero attached hydrogens (tertiary/aromatic N) is 2. The summed E-state index contributed by atoms with van der Waals surface area (Å²) in [4.78, 5) is 13.5. The van der Waals surface area contributed by atoms with Crippen molar-refractivity contribution >= 4 is 0 Å². The predicted octanol–water partition coefficient (Wildman–Crippen LogP) is 3.58.